The SMILES string of the molecule is CC(=O)c1ccc(SC(C)C(=O)N(C)C)cc1. The van der Waals surface area contributed by atoms with Crippen LogP contribution in [-0.2, 0) is 4.79 Å². The van der Waals surface area contributed by atoms with Crippen LogP contribution < -0.4 is 0 Å². The molecule has 0 N–H and O–H groups in total. The first-order valence-corrected chi connectivity index (χ1v) is 6.28. The summed E-state index contributed by atoms with van der Waals surface area (Å²) in [5.74, 6) is 0.143. The van der Waals surface area contributed by atoms with Crippen molar-refractivity contribution in [3.63, 3.8) is 0 Å². The Kier molecular flexibility index (Phi) is 4.75. The molecule has 1 rings (SSSR count). The van der Waals surface area contributed by atoms with Crippen molar-refractivity contribution in [3.8, 4) is 0 Å². The Morgan fingerprint density at radius 2 is 1.71 bits per heavy atom. The number of carbonyl (C=O) groups excluding carboxylic acids is 2. The lowest BCUT2D eigenvalue weighted by Gasteiger charge is -2.16. The van der Waals surface area contributed by atoms with Crippen molar-refractivity contribution < 1.29 is 9.59 Å². The number of carbonyl (C=O) groups is 2. The monoisotopic (exact) mass is 251 g/mol. The number of ketones is 1. The molecule has 1 atom stereocenters. The summed E-state index contributed by atoms with van der Waals surface area (Å²) in [7, 11) is 3.50. The van der Waals surface area contributed by atoms with Gasteiger partial charge in [0.2, 0.25) is 5.91 Å². The van der Waals surface area contributed by atoms with Crippen LogP contribution in [0, 0.1) is 0 Å². The van der Waals surface area contributed by atoms with Gasteiger partial charge in [-0.25, -0.2) is 0 Å². The number of rotatable bonds is 4. The predicted octanol–water partition coefficient (Wildman–Crippen LogP) is 2.46. The molecule has 1 amide bonds. The summed E-state index contributed by atoms with van der Waals surface area (Å²) in [6.45, 7) is 3.42. The van der Waals surface area contributed by atoms with Crippen LogP contribution in [0.25, 0.3) is 0 Å². The van der Waals surface area contributed by atoms with Crippen molar-refractivity contribution >= 4 is 23.5 Å². The Morgan fingerprint density at radius 3 is 2.12 bits per heavy atom. The van der Waals surface area contributed by atoms with E-state index in [1.165, 1.54) is 11.8 Å². The molecule has 0 aliphatic heterocycles. The third kappa shape index (κ3) is 3.89. The number of benzene rings is 1. The summed E-state index contributed by atoms with van der Waals surface area (Å²) in [4.78, 5) is 25.4. The van der Waals surface area contributed by atoms with Gasteiger partial charge in [0, 0.05) is 24.6 Å². The molecule has 0 saturated carbocycles. The van der Waals surface area contributed by atoms with Crippen molar-refractivity contribution in [2.45, 2.75) is 24.0 Å². The van der Waals surface area contributed by atoms with E-state index in [0.29, 0.717) is 5.56 Å². The van der Waals surface area contributed by atoms with Crippen LogP contribution in [0.4, 0.5) is 0 Å². The first kappa shape index (κ1) is 13.8. The minimum absolute atomic E-state index is 0.0546. The molecule has 0 fully saturated rings. The van der Waals surface area contributed by atoms with Crippen LogP contribution in [-0.4, -0.2) is 35.9 Å². The van der Waals surface area contributed by atoms with Gasteiger partial charge in [-0.2, -0.15) is 0 Å². The Balaban J connectivity index is 2.69. The molecule has 0 saturated heterocycles. The number of thioether (sulfide) groups is 1. The lowest BCUT2D eigenvalue weighted by atomic mass is 10.2. The lowest BCUT2D eigenvalue weighted by Crippen LogP contribution is -2.29. The van der Waals surface area contributed by atoms with Gasteiger partial charge in [-0.3, -0.25) is 9.59 Å². The number of hydrogen-bond donors (Lipinski definition) is 0. The second kappa shape index (κ2) is 5.87. The zero-order valence-corrected chi connectivity index (χ0v) is 11.4. The smallest absolute Gasteiger partial charge is 0.235 e. The van der Waals surface area contributed by atoms with Crippen molar-refractivity contribution in [2.75, 3.05) is 14.1 Å². The van der Waals surface area contributed by atoms with Crippen LogP contribution in [0.15, 0.2) is 29.2 Å². The van der Waals surface area contributed by atoms with Gasteiger partial charge in [0.15, 0.2) is 5.78 Å². The highest BCUT2D eigenvalue weighted by molar-refractivity contribution is 8.00. The van der Waals surface area contributed by atoms with E-state index in [1.54, 1.807) is 38.1 Å². The van der Waals surface area contributed by atoms with Crippen molar-refractivity contribution in [1.82, 2.24) is 4.90 Å². The van der Waals surface area contributed by atoms with E-state index in [-0.39, 0.29) is 16.9 Å². The third-order valence-electron chi connectivity index (χ3n) is 2.36. The maximum atomic E-state index is 11.7. The van der Waals surface area contributed by atoms with Gasteiger partial charge in [0.1, 0.15) is 0 Å². The molecule has 0 spiro atoms. The minimum atomic E-state index is -0.117. The normalized spacial score (nSPS) is 12.0. The average molecular weight is 251 g/mol. The van der Waals surface area contributed by atoms with Gasteiger partial charge >= 0.3 is 0 Å². The number of nitrogens with zero attached hydrogens (tertiary/aromatic N) is 1. The van der Waals surface area contributed by atoms with Gasteiger partial charge in [-0.1, -0.05) is 12.1 Å². The zero-order valence-electron chi connectivity index (χ0n) is 10.6. The zero-order chi connectivity index (χ0) is 13.0. The number of hydrogen-bond acceptors (Lipinski definition) is 3. The fourth-order valence-corrected chi connectivity index (χ4v) is 2.40. The first-order chi connectivity index (χ1) is 7.91. The van der Waals surface area contributed by atoms with E-state index >= 15 is 0 Å². The molecular weight excluding hydrogens is 234 g/mol. The van der Waals surface area contributed by atoms with Crippen LogP contribution >= 0.6 is 11.8 Å². The van der Waals surface area contributed by atoms with Gasteiger partial charge < -0.3 is 4.90 Å². The minimum Gasteiger partial charge on any atom is -0.348 e. The maximum absolute atomic E-state index is 11.7. The largest absolute Gasteiger partial charge is 0.348 e. The first-order valence-electron chi connectivity index (χ1n) is 5.40. The van der Waals surface area contributed by atoms with Crippen LogP contribution in [0.3, 0.4) is 0 Å². The molecule has 0 aliphatic carbocycles. The second-order valence-corrected chi connectivity index (χ2v) is 5.49. The van der Waals surface area contributed by atoms with E-state index in [1.807, 2.05) is 19.1 Å². The number of Topliss-reactive ketones (excluding diaryl/α,β-unsaturated/α-hetero) is 1. The highest BCUT2D eigenvalue weighted by Crippen LogP contribution is 2.24. The van der Waals surface area contributed by atoms with Crippen LogP contribution in [0.2, 0.25) is 0 Å². The third-order valence-corrected chi connectivity index (χ3v) is 3.46. The Hall–Kier alpha value is -1.29. The maximum Gasteiger partial charge on any atom is 0.235 e. The summed E-state index contributed by atoms with van der Waals surface area (Å²) >= 11 is 1.50. The van der Waals surface area contributed by atoms with Crippen molar-refractivity contribution in [1.29, 1.82) is 0 Å². The molecule has 0 bridgehead atoms. The molecule has 1 aromatic rings. The summed E-state index contributed by atoms with van der Waals surface area (Å²) in [5, 5.41) is -0.117. The highest BCUT2D eigenvalue weighted by atomic mass is 32.2. The molecule has 92 valence electrons. The van der Waals surface area contributed by atoms with Crippen molar-refractivity contribution in [2.24, 2.45) is 0 Å². The van der Waals surface area contributed by atoms with Crippen LogP contribution in [0.1, 0.15) is 24.2 Å². The molecule has 0 aliphatic rings. The Morgan fingerprint density at radius 1 is 1.18 bits per heavy atom. The van der Waals surface area contributed by atoms with Crippen LogP contribution in [0.5, 0.6) is 0 Å². The summed E-state index contributed by atoms with van der Waals surface area (Å²) in [5.41, 5.74) is 0.695. The summed E-state index contributed by atoms with van der Waals surface area (Å²) < 4.78 is 0. The molecule has 0 heterocycles. The van der Waals surface area contributed by atoms with Gasteiger partial charge in [-0.15, -0.1) is 11.8 Å². The summed E-state index contributed by atoms with van der Waals surface area (Å²) in [6, 6.07) is 7.33. The molecule has 0 radical (unpaired) electrons. The fraction of sp³-hybridized carbons (Fsp3) is 0.385. The molecule has 3 nitrogen and oxygen atoms in total. The van der Waals surface area contributed by atoms with Gasteiger partial charge in [0.05, 0.1) is 5.25 Å². The summed E-state index contributed by atoms with van der Waals surface area (Å²) in [6.07, 6.45) is 0. The molecule has 1 unspecified atom stereocenters. The van der Waals surface area contributed by atoms with E-state index in [0.717, 1.165) is 4.90 Å². The molecule has 0 aromatic heterocycles. The van der Waals surface area contributed by atoms with E-state index in [2.05, 4.69) is 0 Å². The standard InChI is InChI=1S/C13H17NO2S/c1-9(15)11-5-7-12(8-6-11)17-10(2)13(16)14(3)4/h5-8,10H,1-4H3. The van der Waals surface area contributed by atoms with E-state index < -0.39 is 0 Å². The fourth-order valence-electron chi connectivity index (χ4n) is 1.39. The Labute approximate surface area is 106 Å². The number of amides is 1. The molecule has 17 heavy (non-hydrogen) atoms. The van der Waals surface area contributed by atoms with Gasteiger partial charge in [-0.05, 0) is 26.0 Å². The predicted molar refractivity (Wildman–Crippen MR) is 70.5 cm³/mol. The molecule has 1 aromatic carbocycles. The lowest BCUT2D eigenvalue weighted by molar-refractivity contribution is -0.127. The topological polar surface area (TPSA) is 37.4 Å². The van der Waals surface area contributed by atoms with Gasteiger partial charge in [0.25, 0.3) is 0 Å². The second-order valence-electron chi connectivity index (χ2n) is 4.07. The highest BCUT2D eigenvalue weighted by Gasteiger charge is 2.15. The quantitative estimate of drug-likeness (QED) is 0.609. The molecule has 4 heteroatoms. The molecular formula is C13H17NO2S. The Bertz CT molecular complexity index is 412. The average Bonchev–Trinajstić information content (AvgIpc) is 2.28. The van der Waals surface area contributed by atoms with E-state index in [9.17, 15) is 9.59 Å². The van der Waals surface area contributed by atoms with E-state index in [4.69, 9.17) is 0 Å². The van der Waals surface area contributed by atoms with Crippen molar-refractivity contribution in [3.05, 3.63) is 29.8 Å².